The Bertz CT molecular complexity index is 2390. The molecule has 298 valence electrons. The van der Waals surface area contributed by atoms with Crippen molar-refractivity contribution < 1.29 is 46.5 Å². The van der Waals surface area contributed by atoms with Crippen LogP contribution in [-0.4, -0.2) is 39.4 Å². The molecule has 11 heteroatoms. The van der Waals surface area contributed by atoms with Crippen LogP contribution in [0.4, 0.5) is 0 Å². The number of aryl methyl sites for hydroxylation is 1. The van der Waals surface area contributed by atoms with Gasteiger partial charge in [-0.05, 0) is 103 Å². The second-order valence-electron chi connectivity index (χ2n) is 13.3. The lowest BCUT2D eigenvalue weighted by atomic mass is 9.78. The highest BCUT2D eigenvalue weighted by molar-refractivity contribution is 7.91. The van der Waals surface area contributed by atoms with Gasteiger partial charge >= 0.3 is 23.9 Å². The number of carbonyl (C=O) groups is 4. The highest BCUT2D eigenvalue weighted by atomic mass is 32.2. The van der Waals surface area contributed by atoms with Crippen LogP contribution in [-0.2, 0) is 29.6 Å². The van der Waals surface area contributed by atoms with Crippen molar-refractivity contribution in [2.75, 3.05) is 7.11 Å². The molecule has 0 bridgehead atoms. The Morgan fingerprint density at radius 1 is 0.466 bits per heavy atom. The standard InChI is InChI=1S/C23H22O2.C21H16O6S.C3H6O2/c1-17-9-11-19(12-10-17)23(2,3)20-13-15-21(16-14-20)25-22(24)18-7-5-4-6-8-18;1-15(22)26-17-7-11-19(12-8-17)28(24,25)20-13-9-18(10-14-20)27-21(23)16-5-3-2-4-6-16;1-3(4)5-2/h4-16H,1-3H3;2-14H,1H3;1-2H3. The van der Waals surface area contributed by atoms with Crippen LogP contribution in [0.15, 0.2) is 168 Å². The van der Waals surface area contributed by atoms with E-state index >= 15 is 0 Å². The van der Waals surface area contributed by atoms with Gasteiger partial charge in [0.05, 0.1) is 28.0 Å². The summed E-state index contributed by atoms with van der Waals surface area (Å²) in [7, 11) is -2.41. The maximum Gasteiger partial charge on any atom is 0.343 e. The first-order chi connectivity index (χ1) is 27.6. The molecule has 0 amide bonds. The Hall–Kier alpha value is -6.85. The molecule has 0 saturated heterocycles. The van der Waals surface area contributed by atoms with Gasteiger partial charge in [-0.2, -0.15) is 0 Å². The van der Waals surface area contributed by atoms with Gasteiger partial charge in [-0.15, -0.1) is 0 Å². The van der Waals surface area contributed by atoms with E-state index in [-0.39, 0.29) is 38.6 Å². The lowest BCUT2D eigenvalue weighted by Gasteiger charge is -2.26. The van der Waals surface area contributed by atoms with Gasteiger partial charge in [0, 0.05) is 19.3 Å². The number of rotatable bonds is 9. The van der Waals surface area contributed by atoms with Crippen LogP contribution >= 0.6 is 0 Å². The fourth-order valence-corrected chi connectivity index (χ4v) is 6.49. The third-order valence-electron chi connectivity index (χ3n) is 8.61. The molecule has 0 aliphatic rings. The Labute approximate surface area is 338 Å². The van der Waals surface area contributed by atoms with Crippen LogP contribution in [0.3, 0.4) is 0 Å². The minimum absolute atomic E-state index is 0.0484. The van der Waals surface area contributed by atoms with Gasteiger partial charge in [0.2, 0.25) is 9.84 Å². The highest BCUT2D eigenvalue weighted by Crippen LogP contribution is 2.33. The van der Waals surface area contributed by atoms with E-state index in [1.54, 1.807) is 42.5 Å². The molecule has 0 saturated carbocycles. The lowest BCUT2D eigenvalue weighted by Crippen LogP contribution is -2.18. The third-order valence-corrected chi connectivity index (χ3v) is 10.4. The summed E-state index contributed by atoms with van der Waals surface area (Å²) >= 11 is 0. The fourth-order valence-electron chi connectivity index (χ4n) is 5.23. The summed E-state index contributed by atoms with van der Waals surface area (Å²) in [5.41, 5.74) is 4.51. The van der Waals surface area contributed by atoms with Crippen LogP contribution < -0.4 is 14.2 Å². The number of methoxy groups -OCH3 is 1. The number of hydrogen-bond acceptors (Lipinski definition) is 10. The Kier molecular flexibility index (Phi) is 15.4. The van der Waals surface area contributed by atoms with Crippen molar-refractivity contribution in [3.05, 3.63) is 186 Å². The third kappa shape index (κ3) is 12.6. The summed E-state index contributed by atoms with van der Waals surface area (Å²) in [6.45, 7) is 9.11. The smallest absolute Gasteiger partial charge is 0.343 e. The quantitative estimate of drug-likeness (QED) is 0.103. The topological polar surface area (TPSA) is 139 Å². The molecule has 0 aromatic heterocycles. The van der Waals surface area contributed by atoms with Gasteiger partial charge in [0.25, 0.3) is 0 Å². The van der Waals surface area contributed by atoms with Crippen LogP contribution in [0, 0.1) is 6.92 Å². The molecule has 6 aromatic carbocycles. The van der Waals surface area contributed by atoms with Crippen LogP contribution in [0.2, 0.25) is 0 Å². The van der Waals surface area contributed by atoms with Crippen molar-refractivity contribution in [2.45, 2.75) is 49.8 Å². The van der Waals surface area contributed by atoms with E-state index in [2.05, 4.69) is 49.8 Å². The number of esters is 4. The van der Waals surface area contributed by atoms with E-state index in [1.165, 1.54) is 86.2 Å². The monoisotopic (exact) mass is 800 g/mol. The van der Waals surface area contributed by atoms with E-state index in [0.29, 0.717) is 16.9 Å². The van der Waals surface area contributed by atoms with Crippen molar-refractivity contribution in [3.8, 4) is 17.2 Å². The largest absolute Gasteiger partial charge is 0.469 e. The number of ether oxygens (including phenoxy) is 4. The molecule has 0 atom stereocenters. The molecule has 58 heavy (non-hydrogen) atoms. The highest BCUT2D eigenvalue weighted by Gasteiger charge is 2.23. The first kappa shape index (κ1) is 43.9. The van der Waals surface area contributed by atoms with E-state index in [0.717, 1.165) is 0 Å². The Balaban J connectivity index is 0.000000231. The van der Waals surface area contributed by atoms with Gasteiger partial charge in [-0.25, -0.2) is 18.0 Å². The van der Waals surface area contributed by atoms with Crippen LogP contribution in [0.5, 0.6) is 17.2 Å². The zero-order valence-corrected chi connectivity index (χ0v) is 33.8. The molecule has 0 unspecified atom stereocenters. The molecule has 0 fully saturated rings. The first-order valence-corrected chi connectivity index (χ1v) is 19.5. The van der Waals surface area contributed by atoms with Crippen molar-refractivity contribution in [3.63, 3.8) is 0 Å². The molecule has 0 radical (unpaired) electrons. The maximum atomic E-state index is 12.7. The van der Waals surface area contributed by atoms with Crippen molar-refractivity contribution in [1.29, 1.82) is 0 Å². The molecule has 0 N–H and O–H groups in total. The van der Waals surface area contributed by atoms with E-state index in [9.17, 15) is 27.6 Å². The van der Waals surface area contributed by atoms with E-state index < -0.39 is 21.8 Å². The average Bonchev–Trinajstić information content (AvgIpc) is 3.22. The summed E-state index contributed by atoms with van der Waals surface area (Å²) < 4.78 is 45.1. The summed E-state index contributed by atoms with van der Waals surface area (Å²) in [6.07, 6.45) is 0. The van der Waals surface area contributed by atoms with E-state index in [1.807, 2.05) is 42.5 Å². The maximum absolute atomic E-state index is 12.7. The molecule has 6 aromatic rings. The first-order valence-electron chi connectivity index (χ1n) is 18.0. The SMILES string of the molecule is CC(=O)Oc1ccc(S(=O)(=O)c2ccc(OC(=O)c3ccccc3)cc2)cc1.COC(C)=O.Cc1ccc(C(C)(C)c2ccc(OC(=O)c3ccccc3)cc2)cc1. The summed E-state index contributed by atoms with van der Waals surface area (Å²) in [5, 5.41) is 0. The van der Waals surface area contributed by atoms with Gasteiger partial charge < -0.3 is 18.9 Å². The van der Waals surface area contributed by atoms with E-state index in [4.69, 9.17) is 14.2 Å². The Morgan fingerprint density at radius 2 is 0.793 bits per heavy atom. The molecule has 0 aliphatic heterocycles. The predicted molar refractivity (Wildman–Crippen MR) is 220 cm³/mol. The lowest BCUT2D eigenvalue weighted by molar-refractivity contribution is -0.138. The molecular weight excluding hydrogens is 757 g/mol. The van der Waals surface area contributed by atoms with Crippen molar-refractivity contribution in [2.24, 2.45) is 0 Å². The zero-order chi connectivity index (χ0) is 42.3. The summed E-state index contributed by atoms with van der Waals surface area (Å²) in [4.78, 5) is 44.8. The minimum Gasteiger partial charge on any atom is -0.469 e. The molecule has 0 spiro atoms. The second kappa shape index (κ2) is 20.4. The number of hydrogen-bond donors (Lipinski definition) is 0. The molecule has 0 aliphatic carbocycles. The number of carbonyl (C=O) groups excluding carboxylic acids is 4. The molecular formula is C47H44O10S. The van der Waals surface area contributed by atoms with Gasteiger partial charge in [0.1, 0.15) is 17.2 Å². The number of sulfone groups is 1. The van der Waals surface area contributed by atoms with Crippen molar-refractivity contribution >= 4 is 33.7 Å². The molecule has 6 rings (SSSR count). The zero-order valence-electron chi connectivity index (χ0n) is 33.0. The second-order valence-corrected chi connectivity index (χ2v) is 15.2. The number of benzene rings is 6. The molecule has 10 nitrogen and oxygen atoms in total. The van der Waals surface area contributed by atoms with Crippen molar-refractivity contribution in [1.82, 2.24) is 0 Å². The van der Waals surface area contributed by atoms with Gasteiger partial charge in [-0.3, -0.25) is 9.59 Å². The summed E-state index contributed by atoms with van der Waals surface area (Å²) in [5.74, 6) is -0.561. The van der Waals surface area contributed by atoms with Gasteiger partial charge in [-0.1, -0.05) is 92.2 Å². The Morgan fingerprint density at radius 3 is 1.14 bits per heavy atom. The molecule has 0 heterocycles. The average molecular weight is 801 g/mol. The predicted octanol–water partition coefficient (Wildman–Crippen LogP) is 9.38. The summed E-state index contributed by atoms with van der Waals surface area (Å²) in [6, 6.07) is 44.9. The van der Waals surface area contributed by atoms with Gasteiger partial charge in [0.15, 0.2) is 0 Å². The van der Waals surface area contributed by atoms with Crippen LogP contribution in [0.25, 0.3) is 0 Å². The fraction of sp³-hybridized carbons (Fsp3) is 0.149. The van der Waals surface area contributed by atoms with Crippen LogP contribution in [0.1, 0.15) is 65.1 Å². The minimum atomic E-state index is -3.76. The normalized spacial score (nSPS) is 10.7.